The molecule has 0 aliphatic heterocycles. The van der Waals surface area contributed by atoms with Crippen molar-refractivity contribution in [2.75, 3.05) is 14.1 Å². The van der Waals surface area contributed by atoms with Crippen molar-refractivity contribution >= 4 is 5.96 Å². The molecule has 0 radical (unpaired) electrons. The van der Waals surface area contributed by atoms with Crippen molar-refractivity contribution in [1.29, 1.82) is 0 Å². The van der Waals surface area contributed by atoms with Gasteiger partial charge in [-0.05, 0) is 29.8 Å². The number of hydrogen-bond donors (Lipinski definition) is 1. The third-order valence-corrected chi connectivity index (χ3v) is 4.27. The summed E-state index contributed by atoms with van der Waals surface area (Å²) in [5.74, 6) is 0.472. The van der Waals surface area contributed by atoms with E-state index in [1.807, 2.05) is 37.3 Å². The Hall–Kier alpha value is -3.09. The lowest BCUT2D eigenvalue weighted by Crippen LogP contribution is -2.38. The second kappa shape index (κ2) is 7.86. The average Bonchev–Trinajstić information content (AvgIpc) is 3.28. The van der Waals surface area contributed by atoms with Gasteiger partial charge >= 0.3 is 0 Å². The van der Waals surface area contributed by atoms with Crippen molar-refractivity contribution < 1.29 is 4.39 Å². The first-order chi connectivity index (χ1) is 12.6. The second-order valence-electron chi connectivity index (χ2n) is 6.12. The van der Waals surface area contributed by atoms with E-state index in [2.05, 4.69) is 25.9 Å². The second-order valence-corrected chi connectivity index (χ2v) is 6.12. The molecule has 2 aromatic heterocycles. The molecule has 3 aromatic rings. The van der Waals surface area contributed by atoms with Gasteiger partial charge in [-0.15, -0.1) is 0 Å². The van der Waals surface area contributed by atoms with Gasteiger partial charge in [0, 0.05) is 52.0 Å². The summed E-state index contributed by atoms with van der Waals surface area (Å²) in [6.07, 6.45) is 6.94. The van der Waals surface area contributed by atoms with Crippen molar-refractivity contribution in [3.05, 3.63) is 72.3 Å². The number of aliphatic imine (C=N–C) groups is 1. The highest BCUT2D eigenvalue weighted by molar-refractivity contribution is 5.79. The van der Waals surface area contributed by atoms with Crippen LogP contribution >= 0.6 is 0 Å². The van der Waals surface area contributed by atoms with E-state index in [9.17, 15) is 4.39 Å². The van der Waals surface area contributed by atoms with E-state index in [4.69, 9.17) is 0 Å². The summed E-state index contributed by atoms with van der Waals surface area (Å²) >= 11 is 0. The molecule has 0 unspecified atom stereocenters. The summed E-state index contributed by atoms with van der Waals surface area (Å²) in [7, 11) is 5.74. The lowest BCUT2D eigenvalue weighted by atomic mass is 10.2. The van der Waals surface area contributed by atoms with E-state index >= 15 is 0 Å². The number of imidazole rings is 1. The number of hydrogen-bond acceptors (Lipinski definition) is 2. The number of aromatic nitrogens is 3. The fourth-order valence-corrected chi connectivity index (χ4v) is 2.82. The maximum atomic E-state index is 14.4. The quantitative estimate of drug-likeness (QED) is 0.566. The van der Waals surface area contributed by atoms with Crippen LogP contribution in [0.5, 0.6) is 0 Å². The number of rotatable bonds is 5. The van der Waals surface area contributed by atoms with Crippen LogP contribution in [0.15, 0.2) is 60.2 Å². The summed E-state index contributed by atoms with van der Waals surface area (Å²) in [6.45, 7) is 1.22. The van der Waals surface area contributed by atoms with E-state index in [0.29, 0.717) is 12.2 Å². The van der Waals surface area contributed by atoms with Gasteiger partial charge in [0.05, 0.1) is 18.6 Å². The van der Waals surface area contributed by atoms with E-state index in [0.717, 1.165) is 18.1 Å². The molecule has 3 rings (SSSR count). The van der Waals surface area contributed by atoms with Crippen molar-refractivity contribution in [2.45, 2.75) is 13.1 Å². The van der Waals surface area contributed by atoms with Crippen LogP contribution in [0, 0.1) is 5.82 Å². The van der Waals surface area contributed by atoms with Gasteiger partial charge in [0.15, 0.2) is 5.96 Å². The van der Waals surface area contributed by atoms with E-state index in [1.165, 1.54) is 11.8 Å². The molecule has 1 N–H and O–H groups in total. The average molecular weight is 354 g/mol. The number of benzene rings is 1. The van der Waals surface area contributed by atoms with Gasteiger partial charge in [0.2, 0.25) is 0 Å². The number of halogens is 1. The van der Waals surface area contributed by atoms with Gasteiger partial charge in [-0.1, -0.05) is 6.07 Å². The standard InChI is InChI=1S/C19H23FN6/c1-21-19(25(3)13-16-5-4-9-24(16)2)23-12-15-6-7-18(17(20)11-15)26-10-8-22-14-26/h4-11,14H,12-13H2,1-3H3,(H,21,23). The Morgan fingerprint density at radius 3 is 2.77 bits per heavy atom. The predicted octanol–water partition coefficient (Wildman–Crippen LogP) is 2.56. The van der Waals surface area contributed by atoms with Gasteiger partial charge in [-0.25, -0.2) is 9.37 Å². The first kappa shape index (κ1) is 17.7. The molecule has 0 aliphatic carbocycles. The molecule has 7 heteroatoms. The van der Waals surface area contributed by atoms with Gasteiger partial charge in [-0.3, -0.25) is 4.99 Å². The molecule has 0 bridgehead atoms. The van der Waals surface area contributed by atoms with Gasteiger partial charge in [0.25, 0.3) is 0 Å². The minimum atomic E-state index is -0.283. The van der Waals surface area contributed by atoms with Crippen LogP contribution in [0.1, 0.15) is 11.3 Å². The van der Waals surface area contributed by atoms with Crippen LogP contribution in [0.3, 0.4) is 0 Å². The Morgan fingerprint density at radius 1 is 1.31 bits per heavy atom. The minimum Gasteiger partial charge on any atom is -0.353 e. The van der Waals surface area contributed by atoms with Crippen LogP contribution < -0.4 is 5.32 Å². The molecule has 26 heavy (non-hydrogen) atoms. The molecule has 0 fully saturated rings. The van der Waals surface area contributed by atoms with Crippen LogP contribution in [-0.4, -0.2) is 39.1 Å². The van der Waals surface area contributed by atoms with Crippen LogP contribution in [-0.2, 0) is 20.1 Å². The highest BCUT2D eigenvalue weighted by atomic mass is 19.1. The minimum absolute atomic E-state index is 0.283. The summed E-state index contributed by atoms with van der Waals surface area (Å²) in [5, 5.41) is 3.28. The zero-order valence-corrected chi connectivity index (χ0v) is 15.2. The molecule has 2 heterocycles. The van der Waals surface area contributed by atoms with Gasteiger partial charge in [0.1, 0.15) is 5.82 Å². The molecule has 0 aliphatic rings. The zero-order chi connectivity index (χ0) is 18.5. The van der Waals surface area contributed by atoms with Crippen LogP contribution in [0.4, 0.5) is 4.39 Å². The first-order valence-corrected chi connectivity index (χ1v) is 8.37. The molecule has 0 atom stereocenters. The largest absolute Gasteiger partial charge is 0.353 e. The molecule has 6 nitrogen and oxygen atoms in total. The van der Waals surface area contributed by atoms with Crippen molar-refractivity contribution in [3.8, 4) is 5.69 Å². The summed E-state index contributed by atoms with van der Waals surface area (Å²) < 4.78 is 18.1. The highest BCUT2D eigenvalue weighted by Gasteiger charge is 2.10. The SMILES string of the molecule is CN=C(NCc1ccc(-n2ccnc2)c(F)c1)N(C)Cc1cccn1C. The van der Waals surface area contributed by atoms with E-state index in [1.54, 1.807) is 36.4 Å². The van der Waals surface area contributed by atoms with E-state index < -0.39 is 0 Å². The molecule has 0 saturated carbocycles. The van der Waals surface area contributed by atoms with Crippen LogP contribution in [0.2, 0.25) is 0 Å². The Kier molecular flexibility index (Phi) is 5.36. The highest BCUT2D eigenvalue weighted by Crippen LogP contribution is 2.15. The molecular weight excluding hydrogens is 331 g/mol. The fraction of sp³-hybridized carbons (Fsp3) is 0.263. The van der Waals surface area contributed by atoms with Gasteiger partial charge < -0.3 is 19.4 Å². The van der Waals surface area contributed by atoms with Crippen molar-refractivity contribution in [1.82, 2.24) is 24.3 Å². The fourth-order valence-electron chi connectivity index (χ4n) is 2.82. The maximum Gasteiger partial charge on any atom is 0.194 e. The molecule has 136 valence electrons. The molecule has 0 saturated heterocycles. The van der Waals surface area contributed by atoms with Crippen molar-refractivity contribution in [2.24, 2.45) is 12.0 Å². The third kappa shape index (κ3) is 3.93. The lowest BCUT2D eigenvalue weighted by Gasteiger charge is -2.22. The molecule has 0 amide bonds. The maximum absolute atomic E-state index is 14.4. The lowest BCUT2D eigenvalue weighted by molar-refractivity contribution is 0.461. The molecule has 0 spiro atoms. The Labute approximate surface area is 152 Å². The number of guanidine groups is 1. The Morgan fingerprint density at radius 2 is 2.15 bits per heavy atom. The van der Waals surface area contributed by atoms with Crippen LogP contribution in [0.25, 0.3) is 5.69 Å². The Balaban J connectivity index is 1.63. The first-order valence-electron chi connectivity index (χ1n) is 8.37. The summed E-state index contributed by atoms with van der Waals surface area (Å²) in [6, 6.07) is 9.28. The molecule has 1 aromatic carbocycles. The monoisotopic (exact) mass is 354 g/mol. The van der Waals surface area contributed by atoms with Crippen molar-refractivity contribution in [3.63, 3.8) is 0 Å². The normalized spacial score (nSPS) is 11.6. The Bertz CT molecular complexity index is 881. The van der Waals surface area contributed by atoms with Gasteiger partial charge in [-0.2, -0.15) is 0 Å². The topological polar surface area (TPSA) is 50.4 Å². The third-order valence-electron chi connectivity index (χ3n) is 4.27. The number of nitrogens with zero attached hydrogens (tertiary/aromatic N) is 5. The number of nitrogens with one attached hydrogen (secondary N) is 1. The zero-order valence-electron chi connectivity index (χ0n) is 15.2. The van der Waals surface area contributed by atoms with E-state index in [-0.39, 0.29) is 5.82 Å². The summed E-state index contributed by atoms with van der Waals surface area (Å²) in [4.78, 5) is 10.3. The predicted molar refractivity (Wildman–Crippen MR) is 101 cm³/mol. The molecular formula is C19H23FN6. The number of aryl methyl sites for hydroxylation is 1. The smallest absolute Gasteiger partial charge is 0.194 e. The summed E-state index contributed by atoms with van der Waals surface area (Å²) in [5.41, 5.74) is 2.52.